The molecule has 1 amide bonds. The predicted octanol–water partition coefficient (Wildman–Crippen LogP) is 2.09. The highest BCUT2D eigenvalue weighted by atomic mass is 16.5. The first kappa shape index (κ1) is 15.6. The highest BCUT2D eigenvalue weighted by molar-refractivity contribution is 5.76. The topological polar surface area (TPSA) is 48.0 Å². The van der Waals surface area contributed by atoms with E-state index in [-0.39, 0.29) is 5.91 Å². The van der Waals surface area contributed by atoms with Gasteiger partial charge in [-0.05, 0) is 30.0 Å². The Morgan fingerprint density at radius 1 is 1.33 bits per heavy atom. The summed E-state index contributed by atoms with van der Waals surface area (Å²) in [5.74, 6) is 1.89. The summed E-state index contributed by atoms with van der Waals surface area (Å²) in [5, 5.41) is 0. The Kier molecular flexibility index (Phi) is 5.44. The molecule has 5 heteroatoms. The zero-order valence-electron chi connectivity index (χ0n) is 12.9. The molecule has 0 N–H and O–H groups in total. The van der Waals surface area contributed by atoms with Crippen molar-refractivity contribution < 1.29 is 19.0 Å². The number of hydrogen-bond donors (Lipinski definition) is 0. The monoisotopic (exact) mass is 293 g/mol. The van der Waals surface area contributed by atoms with Crippen LogP contribution < -0.4 is 9.47 Å². The van der Waals surface area contributed by atoms with E-state index in [1.165, 1.54) is 0 Å². The fourth-order valence-corrected chi connectivity index (χ4v) is 2.49. The Morgan fingerprint density at radius 2 is 2.10 bits per heavy atom. The maximum absolute atomic E-state index is 12.2. The summed E-state index contributed by atoms with van der Waals surface area (Å²) in [6, 6.07) is 5.71. The average Bonchev–Trinajstić information content (AvgIpc) is 2.99. The van der Waals surface area contributed by atoms with Crippen molar-refractivity contribution in [1.82, 2.24) is 4.90 Å². The zero-order chi connectivity index (χ0) is 15.2. The van der Waals surface area contributed by atoms with Crippen LogP contribution in [0.3, 0.4) is 0 Å². The molecule has 1 atom stereocenters. The van der Waals surface area contributed by atoms with Gasteiger partial charge in [0.2, 0.25) is 5.91 Å². The van der Waals surface area contributed by atoms with E-state index >= 15 is 0 Å². The minimum Gasteiger partial charge on any atom is -0.493 e. The normalized spacial score (nSPS) is 17.6. The standard InChI is InChI=1S/C16H23NO4/c1-17(16(18)9-13-6-7-21-11-13)10-12-4-5-14(19-2)15(8-12)20-3/h4-5,8,13H,6-7,9-11H2,1-3H3. The van der Waals surface area contributed by atoms with Crippen molar-refractivity contribution in [3.8, 4) is 11.5 Å². The molecule has 1 aromatic rings. The summed E-state index contributed by atoms with van der Waals surface area (Å²) in [4.78, 5) is 13.9. The number of rotatable bonds is 6. The Bertz CT molecular complexity index is 483. The summed E-state index contributed by atoms with van der Waals surface area (Å²) in [7, 11) is 5.04. The van der Waals surface area contributed by atoms with Gasteiger partial charge in [-0.25, -0.2) is 0 Å². The van der Waals surface area contributed by atoms with Gasteiger partial charge in [0.25, 0.3) is 0 Å². The van der Waals surface area contributed by atoms with Gasteiger partial charge >= 0.3 is 0 Å². The van der Waals surface area contributed by atoms with Crippen LogP contribution in [0.25, 0.3) is 0 Å². The third-order valence-electron chi connectivity index (χ3n) is 3.78. The summed E-state index contributed by atoms with van der Waals surface area (Å²) in [5.41, 5.74) is 1.02. The smallest absolute Gasteiger partial charge is 0.222 e. The molecule has 1 heterocycles. The molecule has 1 aliphatic rings. The molecular formula is C16H23NO4. The molecular weight excluding hydrogens is 270 g/mol. The van der Waals surface area contributed by atoms with E-state index in [4.69, 9.17) is 14.2 Å². The van der Waals surface area contributed by atoms with E-state index in [0.717, 1.165) is 18.6 Å². The molecule has 1 saturated heterocycles. The second-order valence-corrected chi connectivity index (χ2v) is 5.37. The van der Waals surface area contributed by atoms with Crippen molar-refractivity contribution in [2.45, 2.75) is 19.4 Å². The quantitative estimate of drug-likeness (QED) is 0.806. The number of carbonyl (C=O) groups is 1. The Labute approximate surface area is 125 Å². The number of carbonyl (C=O) groups excluding carboxylic acids is 1. The van der Waals surface area contributed by atoms with Gasteiger partial charge in [0.1, 0.15) is 0 Å². The summed E-state index contributed by atoms with van der Waals surface area (Å²) < 4.78 is 15.8. The van der Waals surface area contributed by atoms with Crippen molar-refractivity contribution in [2.24, 2.45) is 5.92 Å². The first-order valence-corrected chi connectivity index (χ1v) is 7.16. The average molecular weight is 293 g/mol. The van der Waals surface area contributed by atoms with Crippen LogP contribution in [0.1, 0.15) is 18.4 Å². The molecule has 0 aromatic heterocycles. The lowest BCUT2D eigenvalue weighted by Crippen LogP contribution is -2.28. The van der Waals surface area contributed by atoms with Crippen LogP contribution in [0.15, 0.2) is 18.2 Å². The molecule has 0 saturated carbocycles. The third-order valence-corrected chi connectivity index (χ3v) is 3.78. The molecule has 5 nitrogen and oxygen atoms in total. The first-order valence-electron chi connectivity index (χ1n) is 7.16. The van der Waals surface area contributed by atoms with Crippen LogP contribution in [0.5, 0.6) is 11.5 Å². The lowest BCUT2D eigenvalue weighted by molar-refractivity contribution is -0.131. The second-order valence-electron chi connectivity index (χ2n) is 5.37. The van der Waals surface area contributed by atoms with E-state index in [1.807, 2.05) is 25.2 Å². The van der Waals surface area contributed by atoms with E-state index in [2.05, 4.69) is 0 Å². The number of benzene rings is 1. The molecule has 1 unspecified atom stereocenters. The van der Waals surface area contributed by atoms with Crippen molar-refractivity contribution in [3.05, 3.63) is 23.8 Å². The Balaban J connectivity index is 1.94. The van der Waals surface area contributed by atoms with Crippen molar-refractivity contribution in [2.75, 3.05) is 34.5 Å². The van der Waals surface area contributed by atoms with E-state index in [0.29, 0.717) is 37.0 Å². The van der Waals surface area contributed by atoms with Crippen molar-refractivity contribution >= 4 is 5.91 Å². The Hall–Kier alpha value is -1.75. The minimum absolute atomic E-state index is 0.153. The van der Waals surface area contributed by atoms with Crippen LogP contribution in [0.4, 0.5) is 0 Å². The zero-order valence-corrected chi connectivity index (χ0v) is 12.9. The van der Waals surface area contributed by atoms with Gasteiger partial charge < -0.3 is 19.1 Å². The fraction of sp³-hybridized carbons (Fsp3) is 0.562. The van der Waals surface area contributed by atoms with Crippen LogP contribution in [-0.2, 0) is 16.1 Å². The third kappa shape index (κ3) is 4.11. The van der Waals surface area contributed by atoms with Gasteiger partial charge in [-0.1, -0.05) is 6.07 Å². The molecule has 21 heavy (non-hydrogen) atoms. The number of nitrogens with zero attached hydrogens (tertiary/aromatic N) is 1. The summed E-state index contributed by atoms with van der Waals surface area (Å²) in [6.45, 7) is 2.04. The van der Waals surface area contributed by atoms with Gasteiger partial charge in [0.15, 0.2) is 11.5 Å². The second kappa shape index (κ2) is 7.31. The number of methoxy groups -OCH3 is 2. The minimum atomic E-state index is 0.153. The molecule has 1 aliphatic heterocycles. The van der Waals surface area contributed by atoms with Gasteiger partial charge in [0, 0.05) is 33.2 Å². The molecule has 1 aromatic carbocycles. The molecule has 0 spiro atoms. The highest BCUT2D eigenvalue weighted by Crippen LogP contribution is 2.28. The lowest BCUT2D eigenvalue weighted by Gasteiger charge is -2.19. The number of amides is 1. The fourth-order valence-electron chi connectivity index (χ4n) is 2.49. The molecule has 2 rings (SSSR count). The summed E-state index contributed by atoms with van der Waals surface area (Å²) in [6.07, 6.45) is 1.54. The Morgan fingerprint density at radius 3 is 2.71 bits per heavy atom. The number of hydrogen-bond acceptors (Lipinski definition) is 4. The van der Waals surface area contributed by atoms with Gasteiger partial charge in [-0.3, -0.25) is 4.79 Å². The summed E-state index contributed by atoms with van der Waals surface area (Å²) >= 11 is 0. The first-order chi connectivity index (χ1) is 10.1. The van der Waals surface area contributed by atoms with Gasteiger partial charge in [-0.15, -0.1) is 0 Å². The molecule has 1 fully saturated rings. The maximum atomic E-state index is 12.2. The highest BCUT2D eigenvalue weighted by Gasteiger charge is 2.21. The lowest BCUT2D eigenvalue weighted by atomic mass is 10.0. The van der Waals surface area contributed by atoms with Gasteiger partial charge in [-0.2, -0.15) is 0 Å². The van der Waals surface area contributed by atoms with Crippen LogP contribution in [-0.4, -0.2) is 45.3 Å². The van der Waals surface area contributed by atoms with E-state index in [9.17, 15) is 4.79 Å². The molecule has 0 aliphatic carbocycles. The van der Waals surface area contributed by atoms with Gasteiger partial charge in [0.05, 0.1) is 14.2 Å². The molecule has 0 radical (unpaired) electrons. The van der Waals surface area contributed by atoms with Crippen molar-refractivity contribution in [3.63, 3.8) is 0 Å². The van der Waals surface area contributed by atoms with Crippen LogP contribution in [0, 0.1) is 5.92 Å². The van der Waals surface area contributed by atoms with E-state index in [1.54, 1.807) is 19.1 Å². The van der Waals surface area contributed by atoms with Crippen LogP contribution >= 0.6 is 0 Å². The predicted molar refractivity (Wildman–Crippen MR) is 79.6 cm³/mol. The van der Waals surface area contributed by atoms with Crippen LogP contribution in [0.2, 0.25) is 0 Å². The SMILES string of the molecule is COc1ccc(CN(C)C(=O)CC2CCOC2)cc1OC. The molecule has 116 valence electrons. The van der Waals surface area contributed by atoms with E-state index < -0.39 is 0 Å². The van der Waals surface area contributed by atoms with Crippen molar-refractivity contribution in [1.29, 1.82) is 0 Å². The maximum Gasteiger partial charge on any atom is 0.222 e. The number of ether oxygens (including phenoxy) is 3. The largest absolute Gasteiger partial charge is 0.493 e. The molecule has 0 bridgehead atoms.